The van der Waals surface area contributed by atoms with Crippen LogP contribution in [0.4, 0.5) is 5.69 Å². The molecule has 0 saturated heterocycles. The fourth-order valence-electron chi connectivity index (χ4n) is 1.40. The second kappa shape index (κ2) is 5.41. The third kappa shape index (κ3) is 2.80. The van der Waals surface area contributed by atoms with Gasteiger partial charge in [0.1, 0.15) is 5.75 Å². The molecule has 0 spiro atoms. The van der Waals surface area contributed by atoms with E-state index in [0.717, 1.165) is 11.1 Å². The number of anilines is 1. The summed E-state index contributed by atoms with van der Waals surface area (Å²) in [6.45, 7) is 3.67. The fraction of sp³-hybridized carbons (Fsp3) is 0.364. The van der Waals surface area contributed by atoms with Crippen LogP contribution in [0, 0.1) is 13.8 Å². The molecule has 0 unspecified atom stereocenters. The minimum Gasteiger partial charge on any atom is -0.506 e. The van der Waals surface area contributed by atoms with Crippen LogP contribution in [0.3, 0.4) is 0 Å². The summed E-state index contributed by atoms with van der Waals surface area (Å²) in [4.78, 5) is 11.1. The van der Waals surface area contributed by atoms with Gasteiger partial charge in [0.25, 0.3) is 0 Å². The van der Waals surface area contributed by atoms with Gasteiger partial charge in [-0.1, -0.05) is 11.6 Å². The molecule has 3 nitrogen and oxygen atoms in total. The average Bonchev–Trinajstić information content (AvgIpc) is 2.25. The quantitative estimate of drug-likeness (QED) is 0.648. The summed E-state index contributed by atoms with van der Waals surface area (Å²) in [6.07, 6.45) is 0. The van der Waals surface area contributed by atoms with Crippen molar-refractivity contribution in [3.63, 3.8) is 0 Å². The molecule has 1 aromatic carbocycles. The summed E-state index contributed by atoms with van der Waals surface area (Å²) >= 11 is 11.4. The Hall–Kier alpha value is -0.930. The van der Waals surface area contributed by atoms with Gasteiger partial charge in [0, 0.05) is 5.02 Å². The number of alkyl halides is 1. The number of ketones is 1. The standard InChI is InChI=1S/C11H13Cl2NO2/c1-6-3-9(16)11(7(2)10(6)13)14-5-8(15)4-12/h3,14,16H,4-5H2,1-2H3. The largest absolute Gasteiger partial charge is 0.506 e. The fourth-order valence-corrected chi connectivity index (χ4v) is 1.64. The summed E-state index contributed by atoms with van der Waals surface area (Å²) < 4.78 is 0. The molecule has 1 aromatic rings. The van der Waals surface area contributed by atoms with Crippen LogP contribution in [0.1, 0.15) is 11.1 Å². The highest BCUT2D eigenvalue weighted by Crippen LogP contribution is 2.34. The van der Waals surface area contributed by atoms with Crippen LogP contribution in [0.25, 0.3) is 0 Å². The smallest absolute Gasteiger partial charge is 0.166 e. The van der Waals surface area contributed by atoms with Gasteiger partial charge in [-0.05, 0) is 31.0 Å². The number of aromatic hydroxyl groups is 1. The van der Waals surface area contributed by atoms with E-state index in [1.165, 1.54) is 0 Å². The molecule has 0 aliphatic rings. The van der Waals surface area contributed by atoms with Gasteiger partial charge in [0.05, 0.1) is 18.1 Å². The highest BCUT2D eigenvalue weighted by molar-refractivity contribution is 6.32. The van der Waals surface area contributed by atoms with Gasteiger partial charge in [-0.2, -0.15) is 0 Å². The lowest BCUT2D eigenvalue weighted by molar-refractivity contribution is -0.115. The summed E-state index contributed by atoms with van der Waals surface area (Å²) in [5, 5.41) is 13.1. The van der Waals surface area contributed by atoms with Gasteiger partial charge in [-0.25, -0.2) is 0 Å². The predicted octanol–water partition coefficient (Wildman–Crippen LogP) is 2.88. The van der Waals surface area contributed by atoms with E-state index in [4.69, 9.17) is 23.2 Å². The second-order valence-corrected chi connectivity index (χ2v) is 4.20. The summed E-state index contributed by atoms with van der Waals surface area (Å²) in [6, 6.07) is 1.56. The van der Waals surface area contributed by atoms with E-state index in [1.807, 2.05) is 6.92 Å². The van der Waals surface area contributed by atoms with E-state index >= 15 is 0 Å². The van der Waals surface area contributed by atoms with E-state index in [-0.39, 0.29) is 24.0 Å². The number of Topliss-reactive ketones (excluding diaryl/α,β-unsaturated/α-hetero) is 1. The molecule has 0 amide bonds. The molecule has 0 atom stereocenters. The lowest BCUT2D eigenvalue weighted by Crippen LogP contribution is -2.15. The molecule has 5 heteroatoms. The van der Waals surface area contributed by atoms with Crippen molar-refractivity contribution in [2.45, 2.75) is 13.8 Å². The number of carbonyl (C=O) groups excluding carboxylic acids is 1. The number of nitrogens with one attached hydrogen (secondary N) is 1. The maximum Gasteiger partial charge on any atom is 0.166 e. The van der Waals surface area contributed by atoms with Crippen molar-refractivity contribution in [1.29, 1.82) is 0 Å². The Morgan fingerprint density at radius 3 is 2.69 bits per heavy atom. The van der Waals surface area contributed by atoms with Gasteiger partial charge in [-0.15, -0.1) is 11.6 Å². The molecule has 0 heterocycles. The molecule has 0 bridgehead atoms. The molecule has 0 fully saturated rings. The third-order valence-electron chi connectivity index (χ3n) is 2.27. The molecule has 0 saturated carbocycles. The van der Waals surface area contributed by atoms with E-state index in [9.17, 15) is 9.90 Å². The van der Waals surface area contributed by atoms with Crippen LogP contribution in [0.2, 0.25) is 5.02 Å². The van der Waals surface area contributed by atoms with Crippen molar-refractivity contribution in [1.82, 2.24) is 0 Å². The number of hydrogen-bond donors (Lipinski definition) is 2. The van der Waals surface area contributed by atoms with Gasteiger partial charge in [0.15, 0.2) is 5.78 Å². The maximum atomic E-state index is 11.1. The SMILES string of the molecule is Cc1cc(O)c(NCC(=O)CCl)c(C)c1Cl. The van der Waals surface area contributed by atoms with Crippen LogP contribution in [-0.2, 0) is 4.79 Å². The molecular weight excluding hydrogens is 249 g/mol. The predicted molar refractivity (Wildman–Crippen MR) is 66.8 cm³/mol. The Balaban J connectivity index is 2.96. The molecule has 0 aromatic heterocycles. The molecule has 0 aliphatic carbocycles. The average molecular weight is 262 g/mol. The number of carbonyl (C=O) groups is 1. The number of hydrogen-bond acceptors (Lipinski definition) is 3. The highest BCUT2D eigenvalue weighted by Gasteiger charge is 2.11. The lowest BCUT2D eigenvalue weighted by atomic mass is 10.1. The normalized spacial score (nSPS) is 10.2. The molecule has 0 radical (unpaired) electrons. The first-order valence-corrected chi connectivity index (χ1v) is 5.68. The van der Waals surface area contributed by atoms with E-state index in [1.54, 1.807) is 13.0 Å². The third-order valence-corrected chi connectivity index (χ3v) is 3.15. The topological polar surface area (TPSA) is 49.3 Å². The molecule has 2 N–H and O–H groups in total. The van der Waals surface area contributed by atoms with Crippen LogP contribution in [0.5, 0.6) is 5.75 Å². The second-order valence-electron chi connectivity index (χ2n) is 3.55. The summed E-state index contributed by atoms with van der Waals surface area (Å²) in [5.74, 6) is -0.106. The Labute approximate surface area is 104 Å². The Morgan fingerprint density at radius 2 is 2.12 bits per heavy atom. The van der Waals surface area contributed by atoms with E-state index in [0.29, 0.717) is 10.7 Å². The van der Waals surface area contributed by atoms with Crippen molar-refractivity contribution < 1.29 is 9.90 Å². The minimum absolute atomic E-state index is 0.0492. The highest BCUT2D eigenvalue weighted by atomic mass is 35.5. The molecule has 1 rings (SSSR count). The van der Waals surface area contributed by atoms with E-state index in [2.05, 4.69) is 5.32 Å². The van der Waals surface area contributed by atoms with Crippen LogP contribution in [0.15, 0.2) is 6.07 Å². The first kappa shape index (κ1) is 13.1. The van der Waals surface area contributed by atoms with Crippen molar-refractivity contribution in [3.05, 3.63) is 22.2 Å². The van der Waals surface area contributed by atoms with Gasteiger partial charge < -0.3 is 10.4 Å². The lowest BCUT2D eigenvalue weighted by Gasteiger charge is -2.13. The van der Waals surface area contributed by atoms with Crippen LogP contribution < -0.4 is 5.32 Å². The number of benzene rings is 1. The summed E-state index contributed by atoms with van der Waals surface area (Å²) in [5.41, 5.74) is 2.00. The minimum atomic E-state index is -0.142. The van der Waals surface area contributed by atoms with Crippen LogP contribution >= 0.6 is 23.2 Å². The van der Waals surface area contributed by atoms with Crippen molar-refractivity contribution >= 4 is 34.7 Å². The first-order chi connectivity index (χ1) is 7.47. The number of aryl methyl sites for hydroxylation is 1. The van der Waals surface area contributed by atoms with Crippen LogP contribution in [-0.4, -0.2) is 23.3 Å². The maximum absolute atomic E-state index is 11.1. The molecule has 88 valence electrons. The first-order valence-electron chi connectivity index (χ1n) is 4.77. The van der Waals surface area contributed by atoms with Crippen molar-refractivity contribution in [2.75, 3.05) is 17.7 Å². The van der Waals surface area contributed by atoms with Crippen molar-refractivity contribution in [2.24, 2.45) is 0 Å². The van der Waals surface area contributed by atoms with Gasteiger partial charge >= 0.3 is 0 Å². The molecule has 0 aliphatic heterocycles. The summed E-state index contributed by atoms with van der Waals surface area (Å²) in [7, 11) is 0. The molecular formula is C11H13Cl2NO2. The van der Waals surface area contributed by atoms with Crippen molar-refractivity contribution in [3.8, 4) is 5.75 Å². The molecule has 16 heavy (non-hydrogen) atoms. The number of phenols is 1. The zero-order valence-corrected chi connectivity index (χ0v) is 10.6. The number of halogens is 2. The van der Waals surface area contributed by atoms with Gasteiger partial charge in [0.2, 0.25) is 0 Å². The Morgan fingerprint density at radius 1 is 1.50 bits per heavy atom. The van der Waals surface area contributed by atoms with E-state index < -0.39 is 0 Å². The zero-order valence-electron chi connectivity index (χ0n) is 9.10. The Bertz CT molecular complexity index is 419. The monoisotopic (exact) mass is 261 g/mol. The number of phenolic OH excluding ortho intramolecular Hbond substituents is 1. The Kier molecular flexibility index (Phi) is 4.44. The van der Waals surface area contributed by atoms with Gasteiger partial charge in [-0.3, -0.25) is 4.79 Å². The zero-order chi connectivity index (χ0) is 12.3. The number of rotatable bonds is 4.